The third-order valence-electron chi connectivity index (χ3n) is 4.75. The van der Waals surface area contributed by atoms with Crippen molar-refractivity contribution >= 4 is 11.7 Å². The normalized spacial score (nSPS) is 17.8. The van der Waals surface area contributed by atoms with Crippen molar-refractivity contribution in [2.45, 2.75) is 19.4 Å². The van der Waals surface area contributed by atoms with Crippen LogP contribution in [0.3, 0.4) is 0 Å². The number of halogens is 2. The van der Waals surface area contributed by atoms with Crippen LogP contribution in [0.5, 0.6) is 0 Å². The van der Waals surface area contributed by atoms with E-state index in [-0.39, 0.29) is 18.0 Å². The van der Waals surface area contributed by atoms with Gasteiger partial charge in [0, 0.05) is 31.4 Å². The van der Waals surface area contributed by atoms with Crippen molar-refractivity contribution in [2.75, 3.05) is 24.5 Å². The molecule has 2 atom stereocenters. The molecule has 2 aromatic rings. The molecule has 0 radical (unpaired) electrons. The van der Waals surface area contributed by atoms with Gasteiger partial charge in [0.15, 0.2) is 11.6 Å². The largest absolute Gasteiger partial charge is 0.371 e. The zero-order chi connectivity index (χ0) is 18.5. The molecule has 3 rings (SSSR count). The number of amides is 2. The van der Waals surface area contributed by atoms with Gasteiger partial charge in [-0.3, -0.25) is 0 Å². The fraction of sp³-hybridized carbons (Fsp3) is 0.350. The number of rotatable bonds is 5. The van der Waals surface area contributed by atoms with Gasteiger partial charge >= 0.3 is 6.03 Å². The second-order valence-electron chi connectivity index (χ2n) is 6.69. The standard InChI is InChI=1S/C20H23F2N3O/c1-14(16-5-3-2-4-6-16)24-20(26)23-12-15-9-10-25(13-15)17-7-8-18(21)19(22)11-17/h2-8,11,14-15H,9-10,12-13H2,1H3,(H2,23,24,26). The number of anilines is 1. The lowest BCUT2D eigenvalue weighted by atomic mass is 10.1. The summed E-state index contributed by atoms with van der Waals surface area (Å²) in [5.41, 5.74) is 1.72. The highest BCUT2D eigenvalue weighted by Gasteiger charge is 2.24. The lowest BCUT2D eigenvalue weighted by Crippen LogP contribution is -2.39. The molecular weight excluding hydrogens is 336 g/mol. The smallest absolute Gasteiger partial charge is 0.315 e. The molecule has 2 aromatic carbocycles. The van der Waals surface area contributed by atoms with E-state index in [1.54, 1.807) is 6.07 Å². The van der Waals surface area contributed by atoms with Crippen LogP contribution in [-0.4, -0.2) is 25.7 Å². The van der Waals surface area contributed by atoms with E-state index < -0.39 is 11.6 Å². The minimum atomic E-state index is -0.838. The van der Waals surface area contributed by atoms with Crippen LogP contribution in [0.2, 0.25) is 0 Å². The van der Waals surface area contributed by atoms with Crippen LogP contribution < -0.4 is 15.5 Å². The van der Waals surface area contributed by atoms with Crippen molar-refractivity contribution in [2.24, 2.45) is 5.92 Å². The van der Waals surface area contributed by atoms with E-state index in [0.29, 0.717) is 18.8 Å². The van der Waals surface area contributed by atoms with Gasteiger partial charge in [-0.15, -0.1) is 0 Å². The summed E-state index contributed by atoms with van der Waals surface area (Å²) in [5, 5.41) is 5.83. The maximum absolute atomic E-state index is 13.4. The van der Waals surface area contributed by atoms with Crippen LogP contribution in [0.15, 0.2) is 48.5 Å². The van der Waals surface area contributed by atoms with Gasteiger partial charge in [0.05, 0.1) is 6.04 Å². The quantitative estimate of drug-likeness (QED) is 0.852. The van der Waals surface area contributed by atoms with E-state index in [4.69, 9.17) is 0 Å². The summed E-state index contributed by atoms with van der Waals surface area (Å²) in [6.07, 6.45) is 0.896. The van der Waals surface area contributed by atoms with Crippen molar-refractivity contribution in [1.29, 1.82) is 0 Å². The zero-order valence-electron chi connectivity index (χ0n) is 14.7. The van der Waals surface area contributed by atoms with Gasteiger partial charge < -0.3 is 15.5 Å². The van der Waals surface area contributed by atoms with Crippen LogP contribution in [0, 0.1) is 17.6 Å². The first-order valence-electron chi connectivity index (χ1n) is 8.82. The fourth-order valence-corrected chi connectivity index (χ4v) is 3.23. The van der Waals surface area contributed by atoms with Gasteiger partial charge in [0.2, 0.25) is 0 Å². The summed E-state index contributed by atoms with van der Waals surface area (Å²) in [5.74, 6) is -1.39. The van der Waals surface area contributed by atoms with Crippen LogP contribution in [-0.2, 0) is 0 Å². The first kappa shape index (κ1) is 18.2. The molecular formula is C20H23F2N3O. The Morgan fingerprint density at radius 1 is 1.19 bits per heavy atom. The monoisotopic (exact) mass is 359 g/mol. The molecule has 4 nitrogen and oxygen atoms in total. The topological polar surface area (TPSA) is 44.4 Å². The Morgan fingerprint density at radius 2 is 1.96 bits per heavy atom. The number of carbonyl (C=O) groups is 1. The van der Waals surface area contributed by atoms with Crippen molar-refractivity contribution in [3.8, 4) is 0 Å². The molecule has 6 heteroatoms. The van der Waals surface area contributed by atoms with Crippen molar-refractivity contribution in [1.82, 2.24) is 10.6 Å². The van der Waals surface area contributed by atoms with Crippen LogP contribution >= 0.6 is 0 Å². The maximum Gasteiger partial charge on any atom is 0.315 e. The summed E-state index contributed by atoms with van der Waals surface area (Å²) in [6, 6.07) is 13.5. The molecule has 138 valence electrons. The SMILES string of the molecule is CC(NC(=O)NCC1CCN(c2ccc(F)c(F)c2)C1)c1ccccc1. The highest BCUT2D eigenvalue weighted by Crippen LogP contribution is 2.25. The molecule has 1 aliphatic rings. The van der Waals surface area contributed by atoms with E-state index >= 15 is 0 Å². The van der Waals surface area contributed by atoms with Gasteiger partial charge in [-0.2, -0.15) is 0 Å². The molecule has 26 heavy (non-hydrogen) atoms. The number of benzene rings is 2. The zero-order valence-corrected chi connectivity index (χ0v) is 14.7. The van der Waals surface area contributed by atoms with E-state index in [1.807, 2.05) is 42.2 Å². The minimum absolute atomic E-state index is 0.0709. The second kappa shape index (κ2) is 8.17. The van der Waals surface area contributed by atoms with Gasteiger partial charge in [0.25, 0.3) is 0 Å². The summed E-state index contributed by atoms with van der Waals surface area (Å²) < 4.78 is 26.4. The summed E-state index contributed by atoms with van der Waals surface area (Å²) in [6.45, 7) is 3.96. The first-order chi connectivity index (χ1) is 12.5. The molecule has 1 heterocycles. The molecule has 0 aromatic heterocycles. The number of carbonyl (C=O) groups excluding carboxylic acids is 1. The van der Waals surface area contributed by atoms with Crippen molar-refractivity contribution in [3.05, 3.63) is 65.7 Å². The Balaban J connectivity index is 1.45. The van der Waals surface area contributed by atoms with Crippen LogP contribution in [0.1, 0.15) is 24.9 Å². The molecule has 0 saturated carbocycles. The number of nitrogens with one attached hydrogen (secondary N) is 2. The minimum Gasteiger partial charge on any atom is -0.371 e. The molecule has 2 unspecified atom stereocenters. The lowest BCUT2D eigenvalue weighted by molar-refractivity contribution is 0.236. The van der Waals surface area contributed by atoms with Gasteiger partial charge in [0.1, 0.15) is 0 Å². The molecule has 1 saturated heterocycles. The average Bonchev–Trinajstić information content (AvgIpc) is 3.12. The van der Waals surface area contributed by atoms with Gasteiger partial charge in [-0.05, 0) is 37.0 Å². The van der Waals surface area contributed by atoms with E-state index in [0.717, 1.165) is 24.6 Å². The fourth-order valence-electron chi connectivity index (χ4n) is 3.23. The van der Waals surface area contributed by atoms with Crippen LogP contribution in [0.4, 0.5) is 19.3 Å². The Labute approximate surface area is 152 Å². The number of hydrogen-bond donors (Lipinski definition) is 2. The second-order valence-corrected chi connectivity index (χ2v) is 6.69. The molecule has 0 bridgehead atoms. The predicted molar refractivity (Wildman–Crippen MR) is 98.1 cm³/mol. The first-order valence-corrected chi connectivity index (χ1v) is 8.82. The Morgan fingerprint density at radius 3 is 2.69 bits per heavy atom. The number of nitrogens with zero attached hydrogens (tertiary/aromatic N) is 1. The van der Waals surface area contributed by atoms with E-state index in [1.165, 1.54) is 6.07 Å². The summed E-state index contributed by atoms with van der Waals surface area (Å²) in [7, 11) is 0. The molecule has 0 aliphatic carbocycles. The third-order valence-corrected chi connectivity index (χ3v) is 4.75. The Hall–Kier alpha value is -2.63. The summed E-state index contributed by atoms with van der Waals surface area (Å²) >= 11 is 0. The van der Waals surface area contributed by atoms with Crippen LogP contribution in [0.25, 0.3) is 0 Å². The molecule has 1 fully saturated rings. The summed E-state index contributed by atoms with van der Waals surface area (Å²) in [4.78, 5) is 14.1. The molecule has 2 N–H and O–H groups in total. The third kappa shape index (κ3) is 4.50. The van der Waals surface area contributed by atoms with Crippen molar-refractivity contribution in [3.63, 3.8) is 0 Å². The number of urea groups is 1. The van der Waals surface area contributed by atoms with Gasteiger partial charge in [-0.25, -0.2) is 13.6 Å². The Bertz CT molecular complexity index is 754. The van der Waals surface area contributed by atoms with Crippen molar-refractivity contribution < 1.29 is 13.6 Å². The average molecular weight is 359 g/mol. The Kier molecular flexibility index (Phi) is 5.71. The molecule has 0 spiro atoms. The molecule has 2 amide bonds. The lowest BCUT2D eigenvalue weighted by Gasteiger charge is -2.19. The van der Waals surface area contributed by atoms with E-state index in [2.05, 4.69) is 10.6 Å². The predicted octanol–water partition coefficient (Wildman–Crippen LogP) is 3.85. The molecule has 1 aliphatic heterocycles. The van der Waals surface area contributed by atoms with Gasteiger partial charge in [-0.1, -0.05) is 30.3 Å². The highest BCUT2D eigenvalue weighted by molar-refractivity contribution is 5.74. The number of hydrogen-bond acceptors (Lipinski definition) is 2. The van der Waals surface area contributed by atoms with E-state index in [9.17, 15) is 13.6 Å². The highest BCUT2D eigenvalue weighted by atomic mass is 19.2. The maximum atomic E-state index is 13.4.